The quantitative estimate of drug-likeness (QED) is 0.303. The number of rotatable bonds is 13. The fourth-order valence-electron chi connectivity index (χ4n) is 4.56. The zero-order valence-electron chi connectivity index (χ0n) is 23.7. The minimum atomic E-state index is -1.03. The van der Waals surface area contributed by atoms with E-state index in [0.29, 0.717) is 37.6 Å². The van der Waals surface area contributed by atoms with Crippen LogP contribution in [0, 0.1) is 0 Å². The van der Waals surface area contributed by atoms with E-state index in [1.807, 2.05) is 11.0 Å². The molecule has 2 aliphatic rings. The van der Waals surface area contributed by atoms with Gasteiger partial charge in [-0.15, -0.1) is 0 Å². The van der Waals surface area contributed by atoms with Crippen LogP contribution in [-0.4, -0.2) is 92.7 Å². The lowest BCUT2D eigenvalue weighted by molar-refractivity contribution is -0.134. The zero-order chi connectivity index (χ0) is 29.4. The van der Waals surface area contributed by atoms with Crippen LogP contribution in [0.15, 0.2) is 54.6 Å². The third-order valence-corrected chi connectivity index (χ3v) is 7.25. The fraction of sp³-hybridized carbons (Fsp3) is 0.467. The number of carbonyl (C=O) groups is 4. The van der Waals surface area contributed by atoms with Crippen LogP contribution in [-0.2, 0) is 35.1 Å². The molecule has 2 fully saturated rings. The summed E-state index contributed by atoms with van der Waals surface area (Å²) in [5, 5.41) is 8.34. The van der Waals surface area contributed by atoms with E-state index in [1.165, 1.54) is 0 Å². The summed E-state index contributed by atoms with van der Waals surface area (Å²) in [6.07, 6.45) is 0.152. The van der Waals surface area contributed by atoms with Crippen molar-refractivity contribution in [2.24, 2.45) is 0 Å². The first-order valence-corrected chi connectivity index (χ1v) is 13.7. The van der Waals surface area contributed by atoms with Crippen LogP contribution in [0.1, 0.15) is 31.0 Å². The van der Waals surface area contributed by atoms with Gasteiger partial charge in [-0.1, -0.05) is 42.5 Å². The summed E-state index contributed by atoms with van der Waals surface area (Å²) >= 11 is 0. The molecule has 11 heteroatoms. The number of nitrogens with zero attached hydrogens (tertiary/aromatic N) is 1. The van der Waals surface area contributed by atoms with Gasteiger partial charge in [-0.25, -0.2) is 0 Å². The van der Waals surface area contributed by atoms with Gasteiger partial charge < -0.3 is 30.2 Å². The fourth-order valence-corrected chi connectivity index (χ4v) is 4.56. The van der Waals surface area contributed by atoms with E-state index in [1.54, 1.807) is 69.5 Å². The second-order valence-corrected chi connectivity index (χ2v) is 10.5. The van der Waals surface area contributed by atoms with E-state index in [9.17, 15) is 19.2 Å². The van der Waals surface area contributed by atoms with E-state index in [2.05, 4.69) is 16.0 Å². The van der Waals surface area contributed by atoms with Crippen molar-refractivity contribution in [1.82, 2.24) is 20.9 Å². The van der Waals surface area contributed by atoms with Gasteiger partial charge >= 0.3 is 0 Å². The maximum absolute atomic E-state index is 13.7. The number of benzene rings is 2. The third kappa shape index (κ3) is 8.35. The highest BCUT2D eigenvalue weighted by Crippen LogP contribution is 2.33. The number of ketones is 1. The molecule has 3 N–H and O–H groups in total. The number of hydrogen-bond acceptors (Lipinski definition) is 8. The van der Waals surface area contributed by atoms with E-state index in [-0.39, 0.29) is 31.3 Å². The Labute approximate surface area is 239 Å². The van der Waals surface area contributed by atoms with Gasteiger partial charge in [-0.3, -0.25) is 24.1 Å². The van der Waals surface area contributed by atoms with Gasteiger partial charge in [0, 0.05) is 19.5 Å². The Morgan fingerprint density at radius 2 is 1.61 bits per heavy atom. The van der Waals surface area contributed by atoms with E-state index < -0.39 is 35.5 Å². The molecule has 220 valence electrons. The Hall–Kier alpha value is -3.80. The van der Waals surface area contributed by atoms with Crippen LogP contribution in [0.3, 0.4) is 0 Å². The van der Waals surface area contributed by atoms with Crippen molar-refractivity contribution in [3.8, 4) is 5.75 Å². The molecule has 0 spiro atoms. The van der Waals surface area contributed by atoms with Crippen LogP contribution in [0.2, 0.25) is 0 Å². The number of methoxy groups -OCH3 is 1. The number of amides is 3. The SMILES string of the molecule is COc1ccc(C[C@H](NC(=O)[C@H](C)NC(=O)CN2CCOCC2)C(=O)N[C@@H](C(=O)[C@@]2(C)CO2)c2ccccc2)cc1. The molecule has 41 heavy (non-hydrogen) atoms. The second kappa shape index (κ2) is 13.7. The lowest BCUT2D eigenvalue weighted by Crippen LogP contribution is -2.55. The second-order valence-electron chi connectivity index (χ2n) is 10.5. The molecular formula is C30H38N4O7. The summed E-state index contributed by atoms with van der Waals surface area (Å²) in [6.45, 7) is 6.09. The summed E-state index contributed by atoms with van der Waals surface area (Å²) in [5.41, 5.74) is 0.415. The highest BCUT2D eigenvalue weighted by molar-refractivity contribution is 5.99. The first kappa shape index (κ1) is 30.2. The lowest BCUT2D eigenvalue weighted by atomic mass is 9.94. The molecule has 11 nitrogen and oxygen atoms in total. The molecular weight excluding hydrogens is 528 g/mol. The van der Waals surface area contributed by atoms with Gasteiger partial charge in [-0.05, 0) is 37.1 Å². The molecule has 2 aromatic rings. The van der Waals surface area contributed by atoms with E-state index >= 15 is 0 Å². The Morgan fingerprint density at radius 3 is 2.22 bits per heavy atom. The number of Topliss-reactive ketones (excluding diaryl/α,β-unsaturated/α-hetero) is 1. The van der Waals surface area contributed by atoms with E-state index in [0.717, 1.165) is 5.56 Å². The number of ether oxygens (including phenoxy) is 3. The molecule has 0 radical (unpaired) electrons. The van der Waals surface area contributed by atoms with Gasteiger partial charge in [0.2, 0.25) is 17.7 Å². The van der Waals surface area contributed by atoms with Crippen LogP contribution in [0.5, 0.6) is 5.75 Å². The largest absolute Gasteiger partial charge is 0.497 e. The third-order valence-electron chi connectivity index (χ3n) is 7.25. The normalized spacial score (nSPS) is 20.7. The first-order chi connectivity index (χ1) is 19.7. The van der Waals surface area contributed by atoms with Gasteiger partial charge in [-0.2, -0.15) is 0 Å². The average Bonchev–Trinajstić information content (AvgIpc) is 3.74. The zero-order valence-corrected chi connectivity index (χ0v) is 23.7. The number of nitrogens with one attached hydrogen (secondary N) is 3. The van der Waals surface area contributed by atoms with Crippen molar-refractivity contribution in [2.75, 3.05) is 46.6 Å². The molecule has 0 unspecified atom stereocenters. The average molecular weight is 567 g/mol. The molecule has 2 saturated heterocycles. The van der Waals surface area contributed by atoms with Crippen molar-refractivity contribution >= 4 is 23.5 Å². The van der Waals surface area contributed by atoms with Crippen molar-refractivity contribution in [3.63, 3.8) is 0 Å². The molecule has 0 aliphatic carbocycles. The van der Waals surface area contributed by atoms with Crippen LogP contribution >= 0.6 is 0 Å². The maximum atomic E-state index is 13.7. The van der Waals surface area contributed by atoms with Crippen LogP contribution in [0.4, 0.5) is 0 Å². The number of hydrogen-bond donors (Lipinski definition) is 3. The smallest absolute Gasteiger partial charge is 0.243 e. The molecule has 0 saturated carbocycles. The lowest BCUT2D eigenvalue weighted by Gasteiger charge is -2.27. The Kier molecular flexibility index (Phi) is 10.1. The molecule has 4 atom stereocenters. The standard InChI is InChI=1S/C30H38N4O7/c1-20(31-25(35)18-34-13-15-40-16-14-34)28(37)32-24(17-21-9-11-23(39-3)12-10-21)29(38)33-26(22-7-5-4-6-8-22)27(36)30(2)19-41-30/h4-12,20,24,26H,13-19H2,1-3H3,(H,31,35)(H,32,37)(H,33,38)/t20-,24-,26+,30+/m0/s1. The van der Waals surface area contributed by atoms with Gasteiger partial charge in [0.1, 0.15) is 29.5 Å². The number of carbonyl (C=O) groups excluding carboxylic acids is 4. The minimum Gasteiger partial charge on any atom is -0.497 e. The Bertz CT molecular complexity index is 1210. The highest BCUT2D eigenvalue weighted by atomic mass is 16.6. The topological polar surface area (TPSA) is 139 Å². The van der Waals surface area contributed by atoms with Gasteiger partial charge in [0.25, 0.3) is 0 Å². The summed E-state index contributed by atoms with van der Waals surface area (Å²) in [4.78, 5) is 54.7. The molecule has 3 amide bonds. The minimum absolute atomic E-state index is 0.151. The Morgan fingerprint density at radius 1 is 0.951 bits per heavy atom. The maximum Gasteiger partial charge on any atom is 0.243 e. The van der Waals surface area contributed by atoms with Crippen molar-refractivity contribution in [1.29, 1.82) is 0 Å². The summed E-state index contributed by atoms with van der Waals surface area (Å²) in [7, 11) is 1.56. The highest BCUT2D eigenvalue weighted by Gasteiger charge is 2.50. The summed E-state index contributed by atoms with van der Waals surface area (Å²) in [5.74, 6) is -0.960. The van der Waals surface area contributed by atoms with Crippen molar-refractivity contribution in [2.45, 2.75) is 44.0 Å². The van der Waals surface area contributed by atoms with Crippen LogP contribution < -0.4 is 20.7 Å². The monoisotopic (exact) mass is 566 g/mol. The predicted molar refractivity (Wildman–Crippen MR) is 150 cm³/mol. The molecule has 4 rings (SSSR count). The Balaban J connectivity index is 1.48. The van der Waals surface area contributed by atoms with Crippen molar-refractivity contribution < 1.29 is 33.4 Å². The molecule has 0 aromatic heterocycles. The number of morpholine rings is 1. The molecule has 0 bridgehead atoms. The summed E-state index contributed by atoms with van der Waals surface area (Å²) in [6, 6.07) is 13.2. The summed E-state index contributed by atoms with van der Waals surface area (Å²) < 4.78 is 15.9. The predicted octanol–water partition coefficient (Wildman–Crippen LogP) is 0.775. The van der Waals surface area contributed by atoms with Crippen LogP contribution in [0.25, 0.3) is 0 Å². The van der Waals surface area contributed by atoms with Crippen molar-refractivity contribution in [3.05, 3.63) is 65.7 Å². The van der Waals surface area contributed by atoms with Gasteiger partial charge in [0.15, 0.2) is 5.78 Å². The molecule has 2 heterocycles. The first-order valence-electron chi connectivity index (χ1n) is 13.7. The van der Waals surface area contributed by atoms with E-state index in [4.69, 9.17) is 14.2 Å². The number of epoxide rings is 1. The van der Waals surface area contributed by atoms with Gasteiger partial charge in [0.05, 0.1) is 33.5 Å². The molecule has 2 aromatic carbocycles. The molecule has 2 aliphatic heterocycles.